The zero-order chi connectivity index (χ0) is 13.4. The molecule has 0 unspecified atom stereocenters. The third-order valence-corrected chi connectivity index (χ3v) is 2.81. The zero-order valence-corrected chi connectivity index (χ0v) is 11.3. The summed E-state index contributed by atoms with van der Waals surface area (Å²) in [6.07, 6.45) is 2.27. The Hall–Kier alpha value is -1.55. The van der Waals surface area contributed by atoms with Crippen molar-refractivity contribution in [3.63, 3.8) is 0 Å². The standard InChI is InChI=1S/C14H23N3O/c1-3-5-9-17(4-2)11-14(18)16-13-8-6-7-12(15)10-13/h6-8,10H,3-5,9,11,15H2,1-2H3,(H,16,18). The van der Waals surface area contributed by atoms with Gasteiger partial charge in [0.05, 0.1) is 6.54 Å². The van der Waals surface area contributed by atoms with Gasteiger partial charge in [0.1, 0.15) is 0 Å². The van der Waals surface area contributed by atoms with E-state index in [1.807, 2.05) is 12.1 Å². The van der Waals surface area contributed by atoms with Crippen molar-refractivity contribution in [3.05, 3.63) is 24.3 Å². The normalized spacial score (nSPS) is 10.6. The van der Waals surface area contributed by atoms with Crippen LogP contribution < -0.4 is 11.1 Å². The topological polar surface area (TPSA) is 58.4 Å². The molecule has 100 valence electrons. The highest BCUT2D eigenvalue weighted by Crippen LogP contribution is 2.11. The van der Waals surface area contributed by atoms with Gasteiger partial charge in [-0.15, -0.1) is 0 Å². The molecule has 1 rings (SSSR count). The van der Waals surface area contributed by atoms with Gasteiger partial charge in [0, 0.05) is 11.4 Å². The highest BCUT2D eigenvalue weighted by molar-refractivity contribution is 5.92. The predicted molar refractivity (Wildman–Crippen MR) is 76.5 cm³/mol. The zero-order valence-electron chi connectivity index (χ0n) is 11.3. The van der Waals surface area contributed by atoms with Crippen molar-refractivity contribution < 1.29 is 4.79 Å². The van der Waals surface area contributed by atoms with Gasteiger partial charge in [-0.3, -0.25) is 9.69 Å². The highest BCUT2D eigenvalue weighted by Gasteiger charge is 2.08. The number of rotatable bonds is 7. The van der Waals surface area contributed by atoms with E-state index < -0.39 is 0 Å². The first-order valence-corrected chi connectivity index (χ1v) is 6.53. The lowest BCUT2D eigenvalue weighted by atomic mass is 10.2. The van der Waals surface area contributed by atoms with Crippen LogP contribution in [-0.4, -0.2) is 30.4 Å². The summed E-state index contributed by atoms with van der Waals surface area (Å²) < 4.78 is 0. The summed E-state index contributed by atoms with van der Waals surface area (Å²) in [6, 6.07) is 7.24. The molecule has 0 saturated heterocycles. The molecular formula is C14H23N3O. The van der Waals surface area contributed by atoms with Gasteiger partial charge in [0.15, 0.2) is 0 Å². The average molecular weight is 249 g/mol. The first-order valence-electron chi connectivity index (χ1n) is 6.53. The van der Waals surface area contributed by atoms with Crippen molar-refractivity contribution in [2.75, 3.05) is 30.7 Å². The lowest BCUT2D eigenvalue weighted by Gasteiger charge is -2.19. The van der Waals surface area contributed by atoms with Gasteiger partial charge in [0.25, 0.3) is 0 Å². The molecule has 0 aliphatic rings. The van der Waals surface area contributed by atoms with Crippen LogP contribution in [0, 0.1) is 0 Å². The number of benzene rings is 1. The maximum atomic E-state index is 11.9. The average Bonchev–Trinajstić information content (AvgIpc) is 2.34. The van der Waals surface area contributed by atoms with E-state index in [0.717, 1.165) is 31.6 Å². The maximum absolute atomic E-state index is 11.9. The van der Waals surface area contributed by atoms with Gasteiger partial charge < -0.3 is 11.1 Å². The quantitative estimate of drug-likeness (QED) is 0.729. The van der Waals surface area contributed by atoms with Crippen LogP contribution in [0.4, 0.5) is 11.4 Å². The van der Waals surface area contributed by atoms with Crippen molar-refractivity contribution in [1.82, 2.24) is 4.90 Å². The molecule has 1 amide bonds. The molecule has 3 N–H and O–H groups in total. The molecule has 0 radical (unpaired) electrons. The Labute approximate surface area is 109 Å². The number of carbonyl (C=O) groups is 1. The van der Waals surface area contributed by atoms with Crippen LogP contribution >= 0.6 is 0 Å². The SMILES string of the molecule is CCCCN(CC)CC(=O)Nc1cccc(N)c1. The van der Waals surface area contributed by atoms with Crippen LogP contribution in [0.3, 0.4) is 0 Å². The van der Waals surface area contributed by atoms with Gasteiger partial charge in [0.2, 0.25) is 5.91 Å². The number of nitrogen functional groups attached to an aromatic ring is 1. The Kier molecular flexibility index (Phi) is 6.22. The molecule has 0 aliphatic heterocycles. The molecule has 0 aromatic heterocycles. The summed E-state index contributed by atoms with van der Waals surface area (Å²) in [7, 11) is 0. The largest absolute Gasteiger partial charge is 0.399 e. The van der Waals surface area contributed by atoms with Crippen LogP contribution in [0.25, 0.3) is 0 Å². The number of hydrogen-bond donors (Lipinski definition) is 2. The second-order valence-electron chi connectivity index (χ2n) is 4.40. The molecule has 18 heavy (non-hydrogen) atoms. The minimum atomic E-state index is 0.0125. The van der Waals surface area contributed by atoms with Crippen LogP contribution in [0.1, 0.15) is 26.7 Å². The van der Waals surface area contributed by atoms with E-state index >= 15 is 0 Å². The number of carbonyl (C=O) groups excluding carboxylic acids is 1. The second kappa shape index (κ2) is 7.71. The van der Waals surface area contributed by atoms with Crippen LogP contribution in [-0.2, 0) is 4.79 Å². The summed E-state index contributed by atoms with van der Waals surface area (Å²) in [5.74, 6) is 0.0125. The number of amides is 1. The first-order chi connectivity index (χ1) is 8.65. The Bertz CT molecular complexity index is 379. The van der Waals surface area contributed by atoms with E-state index in [1.165, 1.54) is 0 Å². The second-order valence-corrected chi connectivity index (χ2v) is 4.40. The van der Waals surface area contributed by atoms with Gasteiger partial charge in [-0.1, -0.05) is 26.3 Å². The number of nitrogens with zero attached hydrogens (tertiary/aromatic N) is 1. The summed E-state index contributed by atoms with van der Waals surface area (Å²) >= 11 is 0. The highest BCUT2D eigenvalue weighted by atomic mass is 16.2. The fourth-order valence-electron chi connectivity index (χ4n) is 1.75. The van der Waals surface area contributed by atoms with Crippen LogP contribution in [0.2, 0.25) is 0 Å². The van der Waals surface area contributed by atoms with Gasteiger partial charge >= 0.3 is 0 Å². The summed E-state index contributed by atoms with van der Waals surface area (Å²) in [5.41, 5.74) is 7.08. The molecule has 0 fully saturated rings. The van der Waals surface area contributed by atoms with Gasteiger partial charge in [-0.25, -0.2) is 0 Å². The minimum Gasteiger partial charge on any atom is -0.399 e. The smallest absolute Gasteiger partial charge is 0.238 e. The predicted octanol–water partition coefficient (Wildman–Crippen LogP) is 2.33. The van der Waals surface area contributed by atoms with Gasteiger partial charge in [-0.2, -0.15) is 0 Å². The van der Waals surface area contributed by atoms with E-state index in [1.54, 1.807) is 12.1 Å². The number of anilines is 2. The molecule has 0 saturated carbocycles. The maximum Gasteiger partial charge on any atom is 0.238 e. The Morgan fingerprint density at radius 1 is 1.39 bits per heavy atom. The van der Waals surface area contributed by atoms with E-state index in [0.29, 0.717) is 12.2 Å². The van der Waals surface area contributed by atoms with Gasteiger partial charge in [-0.05, 0) is 37.7 Å². The molecule has 0 heterocycles. The molecule has 0 bridgehead atoms. The Balaban J connectivity index is 2.45. The fraction of sp³-hybridized carbons (Fsp3) is 0.500. The first kappa shape index (κ1) is 14.5. The molecule has 1 aromatic rings. The number of hydrogen-bond acceptors (Lipinski definition) is 3. The molecule has 1 aromatic carbocycles. The lowest BCUT2D eigenvalue weighted by Crippen LogP contribution is -2.33. The van der Waals surface area contributed by atoms with E-state index in [2.05, 4.69) is 24.1 Å². The number of nitrogens with one attached hydrogen (secondary N) is 1. The monoisotopic (exact) mass is 249 g/mol. The van der Waals surface area contributed by atoms with E-state index in [9.17, 15) is 4.79 Å². The summed E-state index contributed by atoms with van der Waals surface area (Å²) in [5, 5.41) is 2.86. The summed E-state index contributed by atoms with van der Waals surface area (Å²) in [4.78, 5) is 14.0. The van der Waals surface area contributed by atoms with Crippen LogP contribution in [0.5, 0.6) is 0 Å². The summed E-state index contributed by atoms with van der Waals surface area (Å²) in [6.45, 7) is 6.52. The number of nitrogens with two attached hydrogens (primary N) is 1. The fourth-order valence-corrected chi connectivity index (χ4v) is 1.75. The van der Waals surface area contributed by atoms with Crippen molar-refractivity contribution in [2.24, 2.45) is 0 Å². The third-order valence-electron chi connectivity index (χ3n) is 2.81. The Morgan fingerprint density at radius 2 is 2.17 bits per heavy atom. The van der Waals surface area contributed by atoms with Crippen molar-refractivity contribution >= 4 is 17.3 Å². The molecule has 0 aliphatic carbocycles. The lowest BCUT2D eigenvalue weighted by molar-refractivity contribution is -0.117. The number of unbranched alkanes of at least 4 members (excludes halogenated alkanes) is 1. The van der Waals surface area contributed by atoms with E-state index in [-0.39, 0.29) is 5.91 Å². The molecule has 0 atom stereocenters. The Morgan fingerprint density at radius 3 is 2.78 bits per heavy atom. The minimum absolute atomic E-state index is 0.0125. The molecule has 0 spiro atoms. The third kappa shape index (κ3) is 5.19. The van der Waals surface area contributed by atoms with E-state index in [4.69, 9.17) is 5.73 Å². The number of likely N-dealkylation sites (N-methyl/N-ethyl adjacent to an activating group) is 1. The molecule has 4 heteroatoms. The van der Waals surface area contributed by atoms with Crippen LogP contribution in [0.15, 0.2) is 24.3 Å². The van der Waals surface area contributed by atoms with Crippen molar-refractivity contribution in [3.8, 4) is 0 Å². The van der Waals surface area contributed by atoms with Crippen molar-refractivity contribution in [1.29, 1.82) is 0 Å². The molecule has 4 nitrogen and oxygen atoms in total. The van der Waals surface area contributed by atoms with Crippen molar-refractivity contribution in [2.45, 2.75) is 26.7 Å². The molecular weight excluding hydrogens is 226 g/mol.